The van der Waals surface area contributed by atoms with Crippen LogP contribution < -0.4 is 25.0 Å². The number of Topliss-reactive ketones (excluding diaryl/α,β-unsaturated/α-hetero) is 1. The van der Waals surface area contributed by atoms with Gasteiger partial charge in [0, 0.05) is 35.1 Å². The number of carbonyl (C=O) groups excluding carboxylic acids is 3. The lowest BCUT2D eigenvalue weighted by atomic mass is 10.1. The molecular weight excluding hydrogens is 543 g/mol. The Labute approximate surface area is 241 Å². The molecule has 2 N–H and O–H groups in total. The number of nitrogens with zero attached hydrogens (tertiary/aromatic N) is 2. The van der Waals surface area contributed by atoms with Crippen LogP contribution in [-0.4, -0.2) is 48.7 Å². The van der Waals surface area contributed by atoms with E-state index in [0.717, 1.165) is 6.07 Å². The number of halogens is 1. The number of allylic oxidation sites excluding steroid dienone is 1. The monoisotopic (exact) mass is 572 g/mol. The molecular formula is C31H29FN4O6. The molecule has 0 unspecified atom stereocenters. The summed E-state index contributed by atoms with van der Waals surface area (Å²) in [5, 5.41) is 4.51. The number of amides is 1. The summed E-state index contributed by atoms with van der Waals surface area (Å²) in [4.78, 5) is 41.2. The molecule has 0 spiro atoms. The average molecular weight is 573 g/mol. The van der Waals surface area contributed by atoms with Crippen LogP contribution in [-0.2, 0) is 14.4 Å². The molecule has 0 aliphatic heterocycles. The van der Waals surface area contributed by atoms with E-state index in [0.29, 0.717) is 40.1 Å². The molecule has 3 aromatic carbocycles. The number of benzene rings is 3. The van der Waals surface area contributed by atoms with E-state index in [-0.39, 0.29) is 35.0 Å². The Balaban J connectivity index is 1.56. The molecule has 0 fully saturated rings. The third-order valence-corrected chi connectivity index (χ3v) is 6.19. The highest BCUT2D eigenvalue weighted by atomic mass is 19.1. The van der Waals surface area contributed by atoms with Crippen molar-refractivity contribution in [1.82, 2.24) is 9.99 Å². The number of aldehydes is 1. The quantitative estimate of drug-likeness (QED) is 0.0744. The lowest BCUT2D eigenvalue weighted by molar-refractivity contribution is -0.118. The molecule has 0 atom stereocenters. The van der Waals surface area contributed by atoms with Gasteiger partial charge in [0.25, 0.3) is 5.91 Å². The van der Waals surface area contributed by atoms with Crippen molar-refractivity contribution in [1.29, 1.82) is 0 Å². The van der Waals surface area contributed by atoms with Gasteiger partial charge in [0.15, 0.2) is 35.1 Å². The van der Waals surface area contributed by atoms with Crippen LogP contribution in [0.5, 0.6) is 23.0 Å². The van der Waals surface area contributed by atoms with Gasteiger partial charge in [0.2, 0.25) is 0 Å². The molecule has 42 heavy (non-hydrogen) atoms. The molecule has 216 valence electrons. The maximum atomic E-state index is 15.1. The van der Waals surface area contributed by atoms with Gasteiger partial charge in [-0.15, -0.1) is 0 Å². The van der Waals surface area contributed by atoms with Crippen LogP contribution in [0.1, 0.15) is 13.8 Å². The Kier molecular flexibility index (Phi) is 9.33. The van der Waals surface area contributed by atoms with E-state index in [4.69, 9.17) is 14.2 Å². The van der Waals surface area contributed by atoms with Gasteiger partial charge < -0.3 is 19.5 Å². The second-order valence-electron chi connectivity index (χ2n) is 9.12. The zero-order chi connectivity index (χ0) is 30.2. The van der Waals surface area contributed by atoms with Gasteiger partial charge in [-0.25, -0.2) is 4.39 Å². The largest absolute Gasteiger partial charge is 0.493 e. The topological polar surface area (TPSA) is 119 Å². The molecule has 0 bridgehead atoms. The summed E-state index contributed by atoms with van der Waals surface area (Å²) in [6.07, 6.45) is 1.91. The summed E-state index contributed by atoms with van der Waals surface area (Å²) in [5.74, 6) is -0.555. The number of hydrazine groups is 1. The molecule has 4 rings (SSSR count). The van der Waals surface area contributed by atoms with Crippen LogP contribution in [0.4, 0.5) is 15.8 Å². The minimum Gasteiger partial charge on any atom is -0.493 e. The first-order valence-electron chi connectivity index (χ1n) is 12.8. The van der Waals surface area contributed by atoms with Crippen LogP contribution in [0.3, 0.4) is 0 Å². The van der Waals surface area contributed by atoms with Gasteiger partial charge in [-0.1, -0.05) is 18.2 Å². The Hall–Kier alpha value is -5.45. The maximum absolute atomic E-state index is 15.1. The zero-order valence-corrected chi connectivity index (χ0v) is 23.4. The number of ether oxygens (including phenoxy) is 3. The molecule has 1 aromatic heterocycles. The number of anilines is 2. The fourth-order valence-electron chi connectivity index (χ4n) is 4.10. The van der Waals surface area contributed by atoms with E-state index in [1.54, 1.807) is 42.5 Å². The first kappa shape index (κ1) is 29.5. The van der Waals surface area contributed by atoms with Crippen molar-refractivity contribution in [3.8, 4) is 23.0 Å². The standard InChI is InChI=1S/C31H29FN4O6/c1-19(38)17-36(35-21-8-6-5-7-9-21)20(2)24(18-37)31(39)34-22-10-11-28(25(32)14-22)42-27-12-13-33-26-16-30(41-4)29(40-3)15-23(26)27/h5-16,18,35H,17H2,1-4H3,(H,34,39)/b24-20+. The Morgan fingerprint density at radius 1 is 0.905 bits per heavy atom. The van der Waals surface area contributed by atoms with Crippen LogP contribution in [0.2, 0.25) is 0 Å². The van der Waals surface area contributed by atoms with Crippen molar-refractivity contribution in [3.05, 3.63) is 90.0 Å². The first-order chi connectivity index (χ1) is 20.2. The van der Waals surface area contributed by atoms with E-state index in [1.807, 2.05) is 6.07 Å². The number of para-hydroxylation sites is 1. The summed E-state index contributed by atoms with van der Waals surface area (Å²) >= 11 is 0. The van der Waals surface area contributed by atoms with Crippen molar-refractivity contribution in [3.63, 3.8) is 0 Å². The van der Waals surface area contributed by atoms with Gasteiger partial charge in [0.05, 0.1) is 32.0 Å². The number of nitrogens with one attached hydrogen (secondary N) is 2. The summed E-state index contributed by atoms with van der Waals surface area (Å²) < 4.78 is 31.7. The number of pyridine rings is 1. The smallest absolute Gasteiger partial charge is 0.260 e. The molecule has 1 heterocycles. The van der Waals surface area contributed by atoms with E-state index in [1.165, 1.54) is 51.4 Å². The zero-order valence-electron chi connectivity index (χ0n) is 23.4. The molecule has 0 saturated carbocycles. The van der Waals surface area contributed by atoms with Crippen LogP contribution in [0, 0.1) is 5.82 Å². The number of hydrogen-bond donors (Lipinski definition) is 2. The second kappa shape index (κ2) is 13.3. The predicted octanol–water partition coefficient (Wildman–Crippen LogP) is 5.51. The summed E-state index contributed by atoms with van der Waals surface area (Å²) in [6, 6.07) is 17.8. The SMILES string of the molecule is COc1cc2nccc(Oc3ccc(NC(=O)/C(C=O)=C(\C)N(CC(C)=O)Nc4ccccc4)cc3F)c2cc1OC. The third-order valence-electron chi connectivity index (χ3n) is 6.19. The average Bonchev–Trinajstić information content (AvgIpc) is 2.98. The van der Waals surface area contributed by atoms with Gasteiger partial charge in [-0.3, -0.25) is 29.8 Å². The van der Waals surface area contributed by atoms with Crippen molar-refractivity contribution in [2.45, 2.75) is 13.8 Å². The number of fused-ring (bicyclic) bond motifs is 1. The number of carbonyl (C=O) groups is 3. The van der Waals surface area contributed by atoms with Crippen molar-refractivity contribution < 1.29 is 33.0 Å². The Morgan fingerprint density at radius 3 is 2.26 bits per heavy atom. The highest BCUT2D eigenvalue weighted by Crippen LogP contribution is 2.37. The van der Waals surface area contributed by atoms with Crippen molar-refractivity contribution >= 4 is 40.3 Å². The van der Waals surface area contributed by atoms with Crippen LogP contribution in [0.25, 0.3) is 10.9 Å². The molecule has 1 amide bonds. The summed E-state index contributed by atoms with van der Waals surface area (Å²) in [5.41, 5.74) is 4.30. The van der Waals surface area contributed by atoms with E-state index >= 15 is 4.39 Å². The molecule has 0 radical (unpaired) electrons. The van der Waals surface area contributed by atoms with Crippen LogP contribution in [0.15, 0.2) is 84.2 Å². The van der Waals surface area contributed by atoms with Crippen molar-refractivity contribution in [2.75, 3.05) is 31.5 Å². The lowest BCUT2D eigenvalue weighted by Crippen LogP contribution is -2.35. The fourth-order valence-corrected chi connectivity index (χ4v) is 4.10. The molecule has 11 heteroatoms. The predicted molar refractivity (Wildman–Crippen MR) is 156 cm³/mol. The van der Waals surface area contributed by atoms with Gasteiger partial charge in [-0.2, -0.15) is 0 Å². The fraction of sp³-hybridized carbons (Fsp3) is 0.161. The maximum Gasteiger partial charge on any atom is 0.260 e. The molecule has 0 saturated heterocycles. The highest BCUT2D eigenvalue weighted by molar-refractivity contribution is 6.17. The van der Waals surface area contributed by atoms with Crippen LogP contribution >= 0.6 is 0 Å². The third kappa shape index (κ3) is 6.81. The Bertz CT molecular complexity index is 1660. The van der Waals surface area contributed by atoms with Gasteiger partial charge in [-0.05, 0) is 50.2 Å². The number of rotatable bonds is 12. The number of ketones is 1. The lowest BCUT2D eigenvalue weighted by Gasteiger charge is -2.27. The van der Waals surface area contributed by atoms with E-state index < -0.39 is 11.7 Å². The minimum atomic E-state index is -0.778. The van der Waals surface area contributed by atoms with E-state index in [9.17, 15) is 14.4 Å². The Morgan fingerprint density at radius 2 is 1.62 bits per heavy atom. The normalized spacial score (nSPS) is 11.3. The number of methoxy groups -OCH3 is 2. The second-order valence-corrected chi connectivity index (χ2v) is 9.12. The first-order valence-corrected chi connectivity index (χ1v) is 12.8. The van der Waals surface area contributed by atoms with E-state index in [2.05, 4.69) is 15.7 Å². The van der Waals surface area contributed by atoms with Crippen molar-refractivity contribution in [2.24, 2.45) is 0 Å². The summed E-state index contributed by atoms with van der Waals surface area (Å²) in [7, 11) is 3.01. The number of aromatic nitrogens is 1. The molecule has 10 nitrogen and oxygen atoms in total. The minimum absolute atomic E-state index is 0.0946. The van der Waals surface area contributed by atoms with Gasteiger partial charge >= 0.3 is 0 Å². The highest BCUT2D eigenvalue weighted by Gasteiger charge is 2.20. The number of hydrogen-bond acceptors (Lipinski definition) is 9. The summed E-state index contributed by atoms with van der Waals surface area (Å²) in [6.45, 7) is 2.82. The van der Waals surface area contributed by atoms with Gasteiger partial charge in [0.1, 0.15) is 11.3 Å². The molecule has 0 aliphatic carbocycles. The molecule has 4 aromatic rings. The molecule has 0 aliphatic rings.